The number of aryl methyl sites for hydroxylation is 3. The minimum atomic E-state index is -2.24. The highest BCUT2D eigenvalue weighted by Gasteiger charge is 2.37. The Bertz CT molecular complexity index is 943. The molecule has 3 aromatic carbocycles. The Morgan fingerprint density at radius 3 is 0.967 bits per heavy atom. The molecule has 6 heteroatoms. The molecule has 0 saturated heterocycles. The van der Waals surface area contributed by atoms with E-state index in [1.165, 1.54) is 0 Å². The summed E-state index contributed by atoms with van der Waals surface area (Å²) in [6.45, 7) is 5.45. The summed E-state index contributed by atoms with van der Waals surface area (Å²) in [5, 5.41) is 0. The Morgan fingerprint density at radius 1 is 0.500 bits per heavy atom. The first-order valence-corrected chi connectivity index (χ1v) is 10.4. The van der Waals surface area contributed by atoms with Crippen LogP contribution in [-0.2, 0) is 0 Å². The molecular formula is C24H23Cl2O3P. The summed E-state index contributed by atoms with van der Waals surface area (Å²) in [6.07, 6.45) is 0. The summed E-state index contributed by atoms with van der Waals surface area (Å²) in [5.41, 5.74) is 2.38. The Balaban J connectivity index is 0.00000225. The first-order valence-electron chi connectivity index (χ1n) is 9.02. The minimum Gasteiger partial charge on any atom is -0.288 e. The van der Waals surface area contributed by atoms with E-state index in [1.807, 2.05) is 57.2 Å². The summed E-state index contributed by atoms with van der Waals surface area (Å²) < 4.78 is 0. The molecule has 0 aliphatic carbocycles. The lowest BCUT2D eigenvalue weighted by molar-refractivity contribution is 0.102. The van der Waals surface area contributed by atoms with Crippen LogP contribution in [0.4, 0.5) is 0 Å². The summed E-state index contributed by atoms with van der Waals surface area (Å²) in [4.78, 5) is 40.2. The number of carbonyl (C=O) groups is 3. The highest BCUT2D eigenvalue weighted by atomic mass is 35.5. The molecule has 0 N–H and O–H groups in total. The molecule has 3 nitrogen and oxygen atoms in total. The minimum absolute atomic E-state index is 0. The number of benzene rings is 3. The van der Waals surface area contributed by atoms with E-state index in [1.54, 1.807) is 36.4 Å². The molecule has 0 radical (unpaired) electrons. The summed E-state index contributed by atoms with van der Waals surface area (Å²) >= 11 is 0. The molecule has 0 atom stereocenters. The molecule has 0 saturated carbocycles. The van der Waals surface area contributed by atoms with Crippen LogP contribution in [0.1, 0.15) is 47.8 Å². The van der Waals surface area contributed by atoms with Gasteiger partial charge in [-0.15, -0.1) is 24.8 Å². The van der Waals surface area contributed by atoms with Crippen LogP contribution in [0.3, 0.4) is 0 Å². The highest BCUT2D eigenvalue weighted by molar-refractivity contribution is 8.03. The molecule has 0 amide bonds. The SMILES string of the molecule is Cc1ccccc1C(=O)P(C(=O)c1ccccc1C)C(=O)c1ccccc1C.Cl.Cl. The number of halogens is 2. The largest absolute Gasteiger partial charge is 0.288 e. The Labute approximate surface area is 190 Å². The van der Waals surface area contributed by atoms with Crippen molar-refractivity contribution in [2.75, 3.05) is 0 Å². The quantitative estimate of drug-likeness (QED) is 0.381. The van der Waals surface area contributed by atoms with Gasteiger partial charge in [0.05, 0.1) is 0 Å². The van der Waals surface area contributed by atoms with Gasteiger partial charge in [-0.25, -0.2) is 0 Å². The van der Waals surface area contributed by atoms with Crippen molar-refractivity contribution < 1.29 is 14.4 Å². The molecule has 0 aromatic heterocycles. The number of hydrogen-bond acceptors (Lipinski definition) is 3. The van der Waals surface area contributed by atoms with E-state index in [0.717, 1.165) is 16.7 Å². The number of hydrogen-bond donors (Lipinski definition) is 0. The predicted octanol–water partition coefficient (Wildman–Crippen LogP) is 6.76. The zero-order valence-corrected chi connectivity index (χ0v) is 19.4. The van der Waals surface area contributed by atoms with Gasteiger partial charge >= 0.3 is 0 Å². The summed E-state index contributed by atoms with van der Waals surface area (Å²) in [7, 11) is -2.24. The molecule has 0 aliphatic heterocycles. The second-order valence-electron chi connectivity index (χ2n) is 6.70. The van der Waals surface area contributed by atoms with Crippen LogP contribution in [0, 0.1) is 20.8 Å². The zero-order valence-electron chi connectivity index (χ0n) is 16.9. The fraction of sp³-hybridized carbons (Fsp3) is 0.125. The Hall–Kier alpha value is -2.32. The maximum atomic E-state index is 13.4. The van der Waals surface area contributed by atoms with Crippen molar-refractivity contribution in [2.24, 2.45) is 0 Å². The molecule has 0 fully saturated rings. The van der Waals surface area contributed by atoms with Gasteiger partial charge in [-0.3, -0.25) is 14.4 Å². The lowest BCUT2D eigenvalue weighted by atomic mass is 10.1. The average Bonchev–Trinajstić information content (AvgIpc) is 2.69. The predicted molar refractivity (Wildman–Crippen MR) is 128 cm³/mol. The molecule has 0 heterocycles. The van der Waals surface area contributed by atoms with Crippen molar-refractivity contribution in [2.45, 2.75) is 20.8 Å². The van der Waals surface area contributed by atoms with Gasteiger partial charge < -0.3 is 0 Å². The highest BCUT2D eigenvalue weighted by Crippen LogP contribution is 2.47. The van der Waals surface area contributed by atoms with Crippen LogP contribution in [0.5, 0.6) is 0 Å². The number of rotatable bonds is 6. The zero-order chi connectivity index (χ0) is 20.3. The third-order valence-electron chi connectivity index (χ3n) is 4.74. The first kappa shape index (κ1) is 25.7. The Kier molecular flexibility index (Phi) is 9.58. The van der Waals surface area contributed by atoms with Crippen LogP contribution in [0.2, 0.25) is 0 Å². The van der Waals surface area contributed by atoms with E-state index >= 15 is 0 Å². The third kappa shape index (κ3) is 5.23. The fourth-order valence-electron chi connectivity index (χ4n) is 3.08. The van der Waals surface area contributed by atoms with Gasteiger partial charge in [-0.1, -0.05) is 72.8 Å². The maximum absolute atomic E-state index is 13.4. The Morgan fingerprint density at radius 2 is 0.733 bits per heavy atom. The van der Waals surface area contributed by atoms with Gasteiger partial charge in [-0.05, 0) is 37.5 Å². The van der Waals surface area contributed by atoms with E-state index in [2.05, 4.69) is 0 Å². The van der Waals surface area contributed by atoms with Crippen molar-refractivity contribution in [1.29, 1.82) is 0 Å². The molecule has 30 heavy (non-hydrogen) atoms. The molecule has 3 rings (SSSR count). The normalized spacial score (nSPS) is 10.0. The topological polar surface area (TPSA) is 51.2 Å². The van der Waals surface area contributed by atoms with Crippen LogP contribution in [0.25, 0.3) is 0 Å². The van der Waals surface area contributed by atoms with Gasteiger partial charge in [0.15, 0.2) is 16.6 Å². The van der Waals surface area contributed by atoms with Crippen molar-refractivity contribution in [1.82, 2.24) is 0 Å². The second kappa shape index (κ2) is 11.2. The van der Waals surface area contributed by atoms with Crippen LogP contribution in [-0.4, -0.2) is 16.6 Å². The van der Waals surface area contributed by atoms with E-state index in [-0.39, 0.29) is 24.8 Å². The molecule has 0 spiro atoms. The van der Waals surface area contributed by atoms with Crippen molar-refractivity contribution in [3.63, 3.8) is 0 Å². The molecule has 0 bridgehead atoms. The fourth-order valence-corrected chi connectivity index (χ4v) is 5.11. The first-order chi connectivity index (χ1) is 13.4. The monoisotopic (exact) mass is 460 g/mol. The molecule has 156 valence electrons. The van der Waals surface area contributed by atoms with Gasteiger partial charge in [0.1, 0.15) is 7.92 Å². The van der Waals surface area contributed by atoms with Gasteiger partial charge in [0.25, 0.3) is 0 Å². The molecular weight excluding hydrogens is 438 g/mol. The van der Waals surface area contributed by atoms with Crippen LogP contribution >= 0.6 is 32.7 Å². The average molecular weight is 461 g/mol. The lowest BCUT2D eigenvalue weighted by Gasteiger charge is -2.17. The van der Waals surface area contributed by atoms with Crippen LogP contribution in [0.15, 0.2) is 72.8 Å². The van der Waals surface area contributed by atoms with Gasteiger partial charge in [0, 0.05) is 16.7 Å². The molecule has 0 aliphatic rings. The van der Waals surface area contributed by atoms with Gasteiger partial charge in [0.2, 0.25) is 0 Å². The summed E-state index contributed by atoms with van der Waals surface area (Å²) in [5.74, 6) is 0. The maximum Gasteiger partial charge on any atom is 0.200 e. The lowest BCUT2D eigenvalue weighted by Crippen LogP contribution is -2.16. The van der Waals surface area contributed by atoms with E-state index in [0.29, 0.717) is 16.7 Å². The third-order valence-corrected chi connectivity index (χ3v) is 6.68. The smallest absolute Gasteiger partial charge is 0.200 e. The van der Waals surface area contributed by atoms with E-state index in [4.69, 9.17) is 0 Å². The van der Waals surface area contributed by atoms with E-state index in [9.17, 15) is 14.4 Å². The number of carbonyl (C=O) groups excluding carboxylic acids is 3. The van der Waals surface area contributed by atoms with Crippen LogP contribution < -0.4 is 0 Å². The second-order valence-corrected chi connectivity index (χ2v) is 8.58. The summed E-state index contributed by atoms with van der Waals surface area (Å²) in [6, 6.07) is 21.3. The van der Waals surface area contributed by atoms with Crippen molar-refractivity contribution in [3.05, 3.63) is 106 Å². The molecule has 3 aromatic rings. The van der Waals surface area contributed by atoms with Gasteiger partial charge in [-0.2, -0.15) is 0 Å². The van der Waals surface area contributed by atoms with Crippen molar-refractivity contribution >= 4 is 49.3 Å². The molecule has 0 unspecified atom stereocenters. The standard InChI is InChI=1S/C24H21O3P.2ClH/c1-16-10-4-7-13-19(16)22(25)28(23(26)20-14-8-5-11-17(20)2)24(27)21-15-9-6-12-18(21)3;;/h4-15H,1-3H3;2*1H. The van der Waals surface area contributed by atoms with E-state index < -0.39 is 24.5 Å². The van der Waals surface area contributed by atoms with Crippen molar-refractivity contribution in [3.8, 4) is 0 Å².